The molecule has 0 aromatic rings. The van der Waals surface area contributed by atoms with Gasteiger partial charge in [0.25, 0.3) is 0 Å². The molecule has 0 saturated carbocycles. The van der Waals surface area contributed by atoms with E-state index in [4.69, 9.17) is 14.2 Å². The number of carbonyl (C=O) groups is 1. The van der Waals surface area contributed by atoms with E-state index < -0.39 is 11.9 Å². The van der Waals surface area contributed by atoms with Gasteiger partial charge in [0.15, 0.2) is 0 Å². The van der Waals surface area contributed by atoms with Crippen molar-refractivity contribution < 1.29 is 23.4 Å². The van der Waals surface area contributed by atoms with Gasteiger partial charge in [0.05, 0.1) is 19.8 Å². The predicted molar refractivity (Wildman–Crippen MR) is 49.5 cm³/mol. The Morgan fingerprint density at radius 2 is 1.43 bits per heavy atom. The van der Waals surface area contributed by atoms with Crippen molar-refractivity contribution in [1.29, 1.82) is 0 Å². The molecule has 0 bridgehead atoms. The van der Waals surface area contributed by atoms with Crippen LogP contribution in [0.5, 0.6) is 0 Å². The van der Waals surface area contributed by atoms with Crippen LogP contribution in [-0.4, -0.2) is 42.2 Å². The number of hydrogen-bond acceptors (Lipinski definition) is 5. The third kappa shape index (κ3) is 3.37. The Hall–Kier alpha value is -0.433. The molecule has 0 rings (SSSR count). The van der Waals surface area contributed by atoms with Crippen molar-refractivity contribution in [2.75, 3.05) is 19.8 Å². The van der Waals surface area contributed by atoms with Gasteiger partial charge in [0, 0.05) is 0 Å². The Morgan fingerprint density at radius 1 is 1.07 bits per heavy atom. The minimum Gasteiger partial charge on any atom is -0.510 e. The zero-order valence-electron chi connectivity index (χ0n) is 8.66. The third-order valence-corrected chi connectivity index (χ3v) is 1.53. The molecule has 5 nitrogen and oxygen atoms in total. The molecule has 81 valence electrons. The lowest BCUT2D eigenvalue weighted by molar-refractivity contribution is -0.357. The topological polar surface area (TPSA) is 54.0 Å². The largest absolute Gasteiger partial charge is 0.510 e. The second-order valence-electron chi connectivity index (χ2n) is 2.24. The molecule has 3 radical (unpaired) electrons. The fraction of sp³-hybridized carbons (Fsp3) is 0.875. The van der Waals surface area contributed by atoms with Crippen LogP contribution in [0.3, 0.4) is 0 Å². The molecule has 0 heterocycles. The number of ether oxygens (including phenoxy) is 3. The van der Waals surface area contributed by atoms with Crippen LogP contribution in [0.15, 0.2) is 0 Å². The molecule has 0 aromatic carbocycles. The summed E-state index contributed by atoms with van der Waals surface area (Å²) in [7, 11) is 2.62. The molecule has 0 unspecified atom stereocenters. The molecule has 0 N–H and O–H groups in total. The lowest BCUT2D eigenvalue weighted by Gasteiger charge is -2.28. The monoisotopic (exact) mass is 219 g/mol. The summed E-state index contributed by atoms with van der Waals surface area (Å²) in [5.41, 5.74) is 0. The standard InChI is InChI=1S/C8H15O5Si/c1-4-10-8(11-5-2,12-6-3)7(9)13-14/h4-6H2,1-3H3. The molecule has 0 aliphatic carbocycles. The van der Waals surface area contributed by atoms with Crippen molar-refractivity contribution >= 4 is 16.5 Å². The first-order chi connectivity index (χ1) is 6.66. The second kappa shape index (κ2) is 6.94. The summed E-state index contributed by atoms with van der Waals surface area (Å²) in [5, 5.41) is 0. The molecule has 6 heteroatoms. The average molecular weight is 219 g/mol. The van der Waals surface area contributed by atoms with E-state index in [1.54, 1.807) is 20.8 Å². The number of rotatable bonds is 7. The van der Waals surface area contributed by atoms with Gasteiger partial charge in [0.1, 0.15) is 0 Å². The molecular weight excluding hydrogens is 204 g/mol. The molecule has 0 spiro atoms. The minimum atomic E-state index is -1.75. The zero-order valence-corrected chi connectivity index (χ0v) is 9.66. The summed E-state index contributed by atoms with van der Waals surface area (Å²) in [6.07, 6.45) is 0. The molecule has 0 aromatic heterocycles. The molecule has 0 aliphatic rings. The quantitative estimate of drug-likeness (QED) is 0.457. The molecule has 0 aliphatic heterocycles. The van der Waals surface area contributed by atoms with Crippen LogP contribution in [0.4, 0.5) is 0 Å². The van der Waals surface area contributed by atoms with Gasteiger partial charge in [-0.3, -0.25) is 0 Å². The maximum absolute atomic E-state index is 11.4. The first-order valence-electron chi connectivity index (χ1n) is 4.46. The Balaban J connectivity index is 4.62. The Labute approximate surface area is 87.2 Å². The normalized spacial score (nSPS) is 11.4. The van der Waals surface area contributed by atoms with Gasteiger partial charge in [-0.05, 0) is 20.8 Å². The lowest BCUT2D eigenvalue weighted by atomic mass is 10.5. The molecule has 14 heavy (non-hydrogen) atoms. The van der Waals surface area contributed by atoms with Crippen LogP contribution in [0.2, 0.25) is 0 Å². The van der Waals surface area contributed by atoms with Crippen molar-refractivity contribution in [2.24, 2.45) is 0 Å². The summed E-state index contributed by atoms with van der Waals surface area (Å²) in [6, 6.07) is 0. The van der Waals surface area contributed by atoms with E-state index in [9.17, 15) is 4.79 Å². The van der Waals surface area contributed by atoms with Gasteiger partial charge in [0.2, 0.25) is 0 Å². The Bertz CT molecular complexity index is 156. The van der Waals surface area contributed by atoms with Gasteiger partial charge in [-0.2, -0.15) is 0 Å². The number of hydrogen-bond donors (Lipinski definition) is 0. The van der Waals surface area contributed by atoms with Crippen LogP contribution < -0.4 is 0 Å². The van der Waals surface area contributed by atoms with Crippen molar-refractivity contribution in [2.45, 2.75) is 26.7 Å². The first kappa shape index (κ1) is 13.6. The van der Waals surface area contributed by atoms with E-state index in [1.165, 1.54) is 0 Å². The highest BCUT2D eigenvalue weighted by atomic mass is 28.2. The fourth-order valence-electron chi connectivity index (χ4n) is 0.934. The van der Waals surface area contributed by atoms with Crippen molar-refractivity contribution in [3.05, 3.63) is 0 Å². The highest BCUT2D eigenvalue weighted by Gasteiger charge is 2.43. The van der Waals surface area contributed by atoms with Crippen LogP contribution in [-0.2, 0) is 23.4 Å². The number of carbonyl (C=O) groups excluding carboxylic acids is 1. The highest BCUT2D eigenvalue weighted by molar-refractivity contribution is 6.06. The van der Waals surface area contributed by atoms with E-state index in [1.807, 2.05) is 0 Å². The second-order valence-corrected chi connectivity index (χ2v) is 2.45. The fourth-order valence-corrected chi connectivity index (χ4v) is 1.06. The van der Waals surface area contributed by atoms with E-state index >= 15 is 0 Å². The summed E-state index contributed by atoms with van der Waals surface area (Å²) in [5.74, 6) is -2.51. The molecule has 0 amide bonds. The van der Waals surface area contributed by atoms with E-state index in [0.29, 0.717) is 0 Å². The zero-order chi connectivity index (χ0) is 11.0. The Morgan fingerprint density at radius 3 is 1.64 bits per heavy atom. The highest BCUT2D eigenvalue weighted by Crippen LogP contribution is 2.17. The van der Waals surface area contributed by atoms with Crippen molar-refractivity contribution in [1.82, 2.24) is 0 Å². The minimum absolute atomic E-state index is 0.279. The molecular formula is C8H15O5Si. The summed E-state index contributed by atoms with van der Waals surface area (Å²) < 4.78 is 19.7. The van der Waals surface area contributed by atoms with Crippen LogP contribution in [0.1, 0.15) is 20.8 Å². The third-order valence-electron chi connectivity index (χ3n) is 1.35. The molecule has 0 atom stereocenters. The summed E-state index contributed by atoms with van der Waals surface area (Å²) in [4.78, 5) is 11.4. The average Bonchev–Trinajstić information content (AvgIpc) is 2.17. The summed E-state index contributed by atoms with van der Waals surface area (Å²) in [6.45, 7) is 6.03. The summed E-state index contributed by atoms with van der Waals surface area (Å²) >= 11 is 0. The smallest absolute Gasteiger partial charge is 0.386 e. The maximum atomic E-state index is 11.4. The van der Waals surface area contributed by atoms with E-state index in [0.717, 1.165) is 0 Å². The van der Waals surface area contributed by atoms with Gasteiger partial charge >= 0.3 is 22.4 Å². The van der Waals surface area contributed by atoms with Gasteiger partial charge in [-0.1, -0.05) is 0 Å². The SMILES string of the molecule is CCOC(OCC)(OCC)C(=O)O[Si]. The molecule has 0 fully saturated rings. The lowest BCUT2D eigenvalue weighted by Crippen LogP contribution is -2.48. The van der Waals surface area contributed by atoms with Crippen LogP contribution in [0, 0.1) is 0 Å². The predicted octanol–water partition coefficient (Wildman–Crippen LogP) is 0.376. The Kier molecular flexibility index (Phi) is 6.72. The maximum Gasteiger partial charge on any atom is 0.386 e. The van der Waals surface area contributed by atoms with Gasteiger partial charge < -0.3 is 18.6 Å². The molecule has 0 saturated heterocycles. The van der Waals surface area contributed by atoms with E-state index in [-0.39, 0.29) is 19.8 Å². The van der Waals surface area contributed by atoms with Gasteiger partial charge in [-0.15, -0.1) is 0 Å². The van der Waals surface area contributed by atoms with Crippen LogP contribution in [0.25, 0.3) is 0 Å². The first-order valence-corrected chi connectivity index (χ1v) is 4.87. The van der Waals surface area contributed by atoms with E-state index in [2.05, 4.69) is 14.9 Å². The van der Waals surface area contributed by atoms with Crippen molar-refractivity contribution in [3.8, 4) is 0 Å². The van der Waals surface area contributed by atoms with Crippen molar-refractivity contribution in [3.63, 3.8) is 0 Å². The van der Waals surface area contributed by atoms with Crippen LogP contribution >= 0.6 is 0 Å². The van der Waals surface area contributed by atoms with Gasteiger partial charge in [-0.25, -0.2) is 4.79 Å².